The molecule has 0 aromatic carbocycles. The number of rotatable bonds is 8. The van der Waals surface area contributed by atoms with Crippen LogP contribution in [0.2, 0.25) is 0 Å². The molecule has 1 rings (SSSR count). The molecule has 1 aliphatic rings. The van der Waals surface area contributed by atoms with Crippen molar-refractivity contribution in [3.8, 4) is 0 Å². The lowest BCUT2D eigenvalue weighted by Crippen LogP contribution is -2.15. The minimum Gasteiger partial charge on any atom is -0.460 e. The summed E-state index contributed by atoms with van der Waals surface area (Å²) in [7, 11) is 0. The summed E-state index contributed by atoms with van der Waals surface area (Å²) in [5.74, 6) is 0.475. The van der Waals surface area contributed by atoms with Crippen molar-refractivity contribution in [3.63, 3.8) is 0 Å². The van der Waals surface area contributed by atoms with E-state index in [1.807, 2.05) is 40.7 Å². The van der Waals surface area contributed by atoms with Crippen LogP contribution < -0.4 is 0 Å². The monoisotopic (exact) mass is 326 g/mol. The van der Waals surface area contributed by atoms with E-state index in [2.05, 4.69) is 6.58 Å². The van der Waals surface area contributed by atoms with Gasteiger partial charge in [-0.2, -0.15) is 0 Å². The van der Waals surface area contributed by atoms with E-state index < -0.39 is 6.10 Å². The molecule has 136 valence electrons. The maximum atomic E-state index is 11.5. The SMILES string of the molecule is C=CC(O)CCC(C)OC(=O)/C=C/CC1CCCC1.CC.CC. The van der Waals surface area contributed by atoms with Crippen LogP contribution in [0, 0.1) is 5.92 Å². The van der Waals surface area contributed by atoms with Gasteiger partial charge in [-0.15, -0.1) is 6.58 Å². The van der Waals surface area contributed by atoms with Crippen molar-refractivity contribution < 1.29 is 14.6 Å². The highest BCUT2D eigenvalue weighted by molar-refractivity contribution is 5.81. The Morgan fingerprint density at radius 2 is 1.78 bits per heavy atom. The van der Waals surface area contributed by atoms with Crippen LogP contribution in [0.1, 0.15) is 79.6 Å². The standard InChI is InChI=1S/C16H26O3.2C2H6/c1-3-15(17)12-11-13(2)19-16(18)10-6-9-14-7-4-5-8-14;2*1-2/h3,6,10,13-15,17H,1,4-5,7-9,11-12H2,2H3;2*1-2H3/b10-6+;;. The summed E-state index contributed by atoms with van der Waals surface area (Å²) in [6, 6.07) is 0. The van der Waals surface area contributed by atoms with E-state index in [9.17, 15) is 9.90 Å². The second-order valence-electron chi connectivity index (χ2n) is 5.42. The van der Waals surface area contributed by atoms with Crippen molar-refractivity contribution in [1.82, 2.24) is 0 Å². The highest BCUT2D eigenvalue weighted by atomic mass is 16.5. The van der Waals surface area contributed by atoms with Crippen molar-refractivity contribution in [2.75, 3.05) is 0 Å². The lowest BCUT2D eigenvalue weighted by Gasteiger charge is -2.13. The number of carbonyl (C=O) groups is 1. The zero-order valence-electron chi connectivity index (χ0n) is 15.9. The first-order valence-corrected chi connectivity index (χ1v) is 9.29. The highest BCUT2D eigenvalue weighted by Crippen LogP contribution is 2.27. The van der Waals surface area contributed by atoms with Crippen molar-refractivity contribution in [2.24, 2.45) is 5.92 Å². The molecule has 2 atom stereocenters. The van der Waals surface area contributed by atoms with Gasteiger partial charge in [-0.25, -0.2) is 4.79 Å². The van der Waals surface area contributed by atoms with E-state index in [0.29, 0.717) is 12.8 Å². The summed E-state index contributed by atoms with van der Waals surface area (Å²) in [5.41, 5.74) is 0. The molecule has 0 bridgehead atoms. The number of ether oxygens (including phenoxy) is 1. The number of carbonyl (C=O) groups excluding carboxylic acids is 1. The van der Waals surface area contributed by atoms with Crippen LogP contribution in [0.4, 0.5) is 0 Å². The molecule has 23 heavy (non-hydrogen) atoms. The van der Waals surface area contributed by atoms with Crippen LogP contribution in [0.25, 0.3) is 0 Å². The number of hydrogen-bond donors (Lipinski definition) is 1. The van der Waals surface area contributed by atoms with Crippen LogP contribution in [-0.4, -0.2) is 23.3 Å². The largest absolute Gasteiger partial charge is 0.460 e. The number of hydrogen-bond acceptors (Lipinski definition) is 3. The first kappa shape index (κ1) is 24.2. The third-order valence-corrected chi connectivity index (χ3v) is 3.66. The fourth-order valence-corrected chi connectivity index (χ4v) is 2.42. The lowest BCUT2D eigenvalue weighted by molar-refractivity contribution is -0.142. The molecule has 1 fully saturated rings. The number of allylic oxidation sites excluding steroid dienone is 1. The Morgan fingerprint density at radius 1 is 1.22 bits per heavy atom. The van der Waals surface area contributed by atoms with Crippen molar-refractivity contribution >= 4 is 5.97 Å². The van der Waals surface area contributed by atoms with Gasteiger partial charge in [0.1, 0.15) is 0 Å². The lowest BCUT2D eigenvalue weighted by atomic mass is 10.0. The second-order valence-corrected chi connectivity index (χ2v) is 5.42. The van der Waals surface area contributed by atoms with Crippen LogP contribution in [0.3, 0.4) is 0 Å². The van der Waals surface area contributed by atoms with Crippen molar-refractivity contribution in [3.05, 3.63) is 24.8 Å². The Morgan fingerprint density at radius 3 is 2.30 bits per heavy atom. The van der Waals surface area contributed by atoms with Crippen molar-refractivity contribution in [1.29, 1.82) is 0 Å². The van der Waals surface area contributed by atoms with Crippen molar-refractivity contribution in [2.45, 2.75) is 91.8 Å². The van der Waals surface area contributed by atoms with Crippen LogP contribution in [0.5, 0.6) is 0 Å². The molecule has 1 N–H and O–H groups in total. The second kappa shape index (κ2) is 17.3. The molecule has 3 nitrogen and oxygen atoms in total. The molecule has 1 aliphatic carbocycles. The summed E-state index contributed by atoms with van der Waals surface area (Å²) >= 11 is 0. The average molecular weight is 327 g/mol. The van der Waals surface area contributed by atoms with Crippen LogP contribution >= 0.6 is 0 Å². The van der Waals surface area contributed by atoms with E-state index >= 15 is 0 Å². The molecule has 0 aromatic rings. The first-order chi connectivity index (χ1) is 11.1. The normalized spacial score (nSPS) is 16.6. The summed E-state index contributed by atoms with van der Waals surface area (Å²) in [5, 5.41) is 9.33. The van der Waals surface area contributed by atoms with E-state index in [0.717, 1.165) is 12.3 Å². The average Bonchev–Trinajstić information content (AvgIpc) is 3.09. The molecule has 3 heteroatoms. The zero-order chi connectivity index (χ0) is 18.1. The molecule has 0 spiro atoms. The van der Waals surface area contributed by atoms with Gasteiger partial charge in [0.2, 0.25) is 0 Å². The maximum Gasteiger partial charge on any atom is 0.330 e. The van der Waals surface area contributed by atoms with Crippen LogP contribution in [0.15, 0.2) is 24.8 Å². The van der Waals surface area contributed by atoms with Gasteiger partial charge < -0.3 is 9.84 Å². The maximum absolute atomic E-state index is 11.5. The van der Waals surface area contributed by atoms with Gasteiger partial charge in [0.05, 0.1) is 12.2 Å². The molecule has 0 amide bonds. The Labute approximate surface area is 143 Å². The van der Waals surface area contributed by atoms with E-state index in [4.69, 9.17) is 4.74 Å². The van der Waals surface area contributed by atoms with Gasteiger partial charge in [0, 0.05) is 6.08 Å². The molecule has 0 saturated heterocycles. The van der Waals surface area contributed by atoms with E-state index in [1.165, 1.54) is 31.8 Å². The minimum absolute atomic E-state index is 0.168. The summed E-state index contributed by atoms with van der Waals surface area (Å²) < 4.78 is 5.24. The van der Waals surface area contributed by atoms with E-state index in [1.54, 1.807) is 6.08 Å². The third kappa shape index (κ3) is 14.2. The van der Waals surface area contributed by atoms with Gasteiger partial charge in [-0.1, -0.05) is 65.5 Å². The van der Waals surface area contributed by atoms with Gasteiger partial charge in [-0.05, 0) is 32.1 Å². The molecular formula is C20H38O3. The number of aliphatic hydroxyl groups excluding tert-OH is 1. The van der Waals surface area contributed by atoms with Gasteiger partial charge >= 0.3 is 5.97 Å². The predicted octanol–water partition coefficient (Wildman–Crippen LogP) is 5.43. The molecule has 0 aromatic heterocycles. The minimum atomic E-state index is -0.515. The Kier molecular flexibility index (Phi) is 18.1. The Hall–Kier alpha value is -1.09. The summed E-state index contributed by atoms with van der Waals surface area (Å²) in [6.45, 7) is 13.4. The van der Waals surface area contributed by atoms with Gasteiger partial charge in [-0.3, -0.25) is 0 Å². The smallest absolute Gasteiger partial charge is 0.330 e. The predicted molar refractivity (Wildman–Crippen MR) is 99.4 cm³/mol. The topological polar surface area (TPSA) is 46.5 Å². The molecule has 0 radical (unpaired) electrons. The van der Waals surface area contributed by atoms with Gasteiger partial charge in [0.15, 0.2) is 0 Å². The Bertz CT molecular complexity index is 304. The zero-order valence-corrected chi connectivity index (χ0v) is 15.9. The molecule has 0 aliphatic heterocycles. The van der Waals surface area contributed by atoms with Crippen LogP contribution in [-0.2, 0) is 9.53 Å². The molecule has 0 heterocycles. The third-order valence-electron chi connectivity index (χ3n) is 3.66. The molecule has 1 saturated carbocycles. The number of esters is 1. The summed E-state index contributed by atoms with van der Waals surface area (Å²) in [4.78, 5) is 11.5. The number of aliphatic hydroxyl groups is 1. The van der Waals surface area contributed by atoms with E-state index in [-0.39, 0.29) is 12.1 Å². The quantitative estimate of drug-likeness (QED) is 0.367. The fourth-order valence-electron chi connectivity index (χ4n) is 2.42. The highest BCUT2D eigenvalue weighted by Gasteiger charge is 2.13. The fraction of sp³-hybridized carbons (Fsp3) is 0.750. The summed E-state index contributed by atoms with van der Waals surface area (Å²) in [6.07, 6.45) is 11.7. The van der Waals surface area contributed by atoms with Gasteiger partial charge in [0.25, 0.3) is 0 Å². The first-order valence-electron chi connectivity index (χ1n) is 9.29. The molecule has 2 unspecified atom stereocenters. The Balaban J connectivity index is 0. The molecular weight excluding hydrogens is 288 g/mol.